The predicted octanol–water partition coefficient (Wildman–Crippen LogP) is 2.13. The van der Waals surface area contributed by atoms with Crippen molar-refractivity contribution in [2.45, 2.75) is 38.5 Å². The molecule has 3 heterocycles. The Hall–Kier alpha value is -2.44. The number of urea groups is 1. The molecule has 120 valence electrons. The molecular formula is C16H19N5O2. The van der Waals surface area contributed by atoms with E-state index in [1.165, 1.54) is 11.9 Å². The third kappa shape index (κ3) is 2.18. The molecule has 4 rings (SSSR count). The maximum absolute atomic E-state index is 12.4. The summed E-state index contributed by atoms with van der Waals surface area (Å²) in [7, 11) is 1.51. The maximum atomic E-state index is 12.4. The first-order valence-electron chi connectivity index (χ1n) is 7.94. The number of imide groups is 1. The first-order chi connectivity index (χ1) is 11.0. The summed E-state index contributed by atoms with van der Waals surface area (Å²) < 4.78 is 1.69. The number of hydrogen-bond acceptors (Lipinski definition) is 4. The van der Waals surface area contributed by atoms with Gasteiger partial charge >= 0.3 is 6.03 Å². The van der Waals surface area contributed by atoms with Crippen LogP contribution in [-0.2, 0) is 4.79 Å². The summed E-state index contributed by atoms with van der Waals surface area (Å²) in [6.07, 6.45) is 2.25. The first kappa shape index (κ1) is 14.2. The molecule has 1 saturated carbocycles. The molecule has 0 N–H and O–H groups in total. The Morgan fingerprint density at radius 3 is 2.52 bits per heavy atom. The molecule has 7 heteroatoms. The van der Waals surface area contributed by atoms with Gasteiger partial charge in [-0.05, 0) is 18.8 Å². The lowest BCUT2D eigenvalue weighted by Crippen LogP contribution is -2.31. The summed E-state index contributed by atoms with van der Waals surface area (Å²) in [5.41, 5.74) is 2.65. The highest BCUT2D eigenvalue weighted by Gasteiger charge is 2.37. The largest absolute Gasteiger partial charge is 0.332 e. The number of nitrogens with zero attached hydrogens (tertiary/aromatic N) is 5. The van der Waals surface area contributed by atoms with E-state index in [4.69, 9.17) is 4.98 Å². The third-order valence-electron chi connectivity index (χ3n) is 4.50. The fourth-order valence-electron chi connectivity index (χ4n) is 2.83. The fourth-order valence-corrected chi connectivity index (χ4v) is 2.83. The van der Waals surface area contributed by atoms with E-state index in [9.17, 15) is 9.59 Å². The summed E-state index contributed by atoms with van der Waals surface area (Å²) in [6, 6.07) is 3.56. The maximum Gasteiger partial charge on any atom is 0.332 e. The van der Waals surface area contributed by atoms with Crippen molar-refractivity contribution in [3.8, 4) is 0 Å². The van der Waals surface area contributed by atoms with Gasteiger partial charge in [-0.25, -0.2) is 9.78 Å². The molecule has 0 aromatic carbocycles. The summed E-state index contributed by atoms with van der Waals surface area (Å²) in [4.78, 5) is 31.6. The van der Waals surface area contributed by atoms with Crippen LogP contribution >= 0.6 is 0 Å². The zero-order chi connectivity index (χ0) is 16.3. The van der Waals surface area contributed by atoms with Gasteiger partial charge in [-0.3, -0.25) is 14.6 Å². The SMILES string of the molecule is CC(C)c1cc2nc(C3CC3)cc(N3CC(=O)N(C)C3=O)n2n1. The lowest BCUT2D eigenvalue weighted by molar-refractivity contribution is -0.123. The van der Waals surface area contributed by atoms with Gasteiger partial charge in [0.2, 0.25) is 0 Å². The van der Waals surface area contributed by atoms with E-state index in [1.807, 2.05) is 12.1 Å². The van der Waals surface area contributed by atoms with Gasteiger partial charge in [-0.1, -0.05) is 13.8 Å². The summed E-state index contributed by atoms with van der Waals surface area (Å²) in [5.74, 6) is 1.16. The predicted molar refractivity (Wildman–Crippen MR) is 84.6 cm³/mol. The zero-order valence-electron chi connectivity index (χ0n) is 13.5. The number of anilines is 1. The minimum Gasteiger partial charge on any atom is -0.272 e. The Bertz CT molecular complexity index is 821. The van der Waals surface area contributed by atoms with E-state index in [0.717, 1.165) is 34.8 Å². The van der Waals surface area contributed by atoms with E-state index < -0.39 is 0 Å². The highest BCUT2D eigenvalue weighted by molar-refractivity contribution is 6.11. The van der Waals surface area contributed by atoms with Crippen molar-refractivity contribution in [3.63, 3.8) is 0 Å². The number of rotatable bonds is 3. The van der Waals surface area contributed by atoms with E-state index in [0.29, 0.717) is 11.7 Å². The van der Waals surface area contributed by atoms with Crippen LogP contribution < -0.4 is 4.90 Å². The Morgan fingerprint density at radius 2 is 1.96 bits per heavy atom. The standard InChI is InChI=1S/C16H19N5O2/c1-9(2)11-6-13-17-12(10-4-5-10)7-14(21(13)18-11)20-8-15(22)19(3)16(20)23/h6-7,9-10H,4-5,8H2,1-3H3. The molecular weight excluding hydrogens is 294 g/mol. The molecule has 1 aliphatic heterocycles. The Morgan fingerprint density at radius 1 is 1.22 bits per heavy atom. The van der Waals surface area contributed by atoms with Crippen LogP contribution in [0.25, 0.3) is 5.65 Å². The van der Waals surface area contributed by atoms with Gasteiger partial charge in [0.05, 0.1) is 5.69 Å². The van der Waals surface area contributed by atoms with E-state index in [2.05, 4.69) is 18.9 Å². The van der Waals surface area contributed by atoms with E-state index in [-0.39, 0.29) is 24.4 Å². The summed E-state index contributed by atoms with van der Waals surface area (Å²) in [6.45, 7) is 4.19. The second-order valence-corrected chi connectivity index (χ2v) is 6.63. The molecule has 2 aliphatic rings. The molecule has 7 nitrogen and oxygen atoms in total. The average Bonchev–Trinajstić information content (AvgIpc) is 3.23. The van der Waals surface area contributed by atoms with Crippen LogP contribution in [0.2, 0.25) is 0 Å². The van der Waals surface area contributed by atoms with Crippen molar-refractivity contribution in [1.29, 1.82) is 0 Å². The topological polar surface area (TPSA) is 70.8 Å². The second-order valence-electron chi connectivity index (χ2n) is 6.63. The van der Waals surface area contributed by atoms with Crippen LogP contribution in [0.3, 0.4) is 0 Å². The molecule has 2 aromatic rings. The van der Waals surface area contributed by atoms with Gasteiger partial charge in [0, 0.05) is 30.8 Å². The minimum absolute atomic E-state index is 0.0510. The molecule has 2 aromatic heterocycles. The fraction of sp³-hybridized carbons (Fsp3) is 0.500. The molecule has 1 saturated heterocycles. The normalized spacial score (nSPS) is 18.8. The minimum atomic E-state index is -0.314. The van der Waals surface area contributed by atoms with Gasteiger partial charge < -0.3 is 0 Å². The average molecular weight is 313 g/mol. The lowest BCUT2D eigenvalue weighted by atomic mass is 10.1. The Kier molecular flexibility index (Phi) is 2.94. The van der Waals surface area contributed by atoms with Crippen molar-refractivity contribution >= 4 is 23.4 Å². The van der Waals surface area contributed by atoms with Gasteiger partial charge in [-0.15, -0.1) is 0 Å². The molecule has 0 radical (unpaired) electrons. The van der Waals surface area contributed by atoms with Crippen molar-refractivity contribution in [1.82, 2.24) is 19.5 Å². The lowest BCUT2D eigenvalue weighted by Gasteiger charge is -2.17. The molecule has 3 amide bonds. The number of carbonyl (C=O) groups excluding carboxylic acids is 2. The van der Waals surface area contributed by atoms with Crippen molar-refractivity contribution in [3.05, 3.63) is 23.5 Å². The summed E-state index contributed by atoms with van der Waals surface area (Å²) >= 11 is 0. The number of aromatic nitrogens is 3. The van der Waals surface area contributed by atoms with Crippen LogP contribution in [-0.4, -0.2) is 45.0 Å². The number of carbonyl (C=O) groups is 2. The molecule has 0 bridgehead atoms. The van der Waals surface area contributed by atoms with Gasteiger partial charge in [-0.2, -0.15) is 9.61 Å². The second kappa shape index (κ2) is 4.78. The quantitative estimate of drug-likeness (QED) is 0.814. The van der Waals surface area contributed by atoms with Crippen LogP contribution in [0.15, 0.2) is 12.1 Å². The van der Waals surface area contributed by atoms with Crippen LogP contribution in [0.1, 0.15) is 49.9 Å². The van der Waals surface area contributed by atoms with E-state index in [1.54, 1.807) is 4.52 Å². The monoisotopic (exact) mass is 313 g/mol. The zero-order valence-corrected chi connectivity index (χ0v) is 13.5. The van der Waals surface area contributed by atoms with Gasteiger partial charge in [0.25, 0.3) is 5.91 Å². The molecule has 23 heavy (non-hydrogen) atoms. The first-order valence-corrected chi connectivity index (χ1v) is 7.94. The molecule has 2 fully saturated rings. The van der Waals surface area contributed by atoms with Crippen molar-refractivity contribution < 1.29 is 9.59 Å². The van der Waals surface area contributed by atoms with E-state index >= 15 is 0 Å². The van der Waals surface area contributed by atoms with Crippen LogP contribution in [0, 0.1) is 0 Å². The highest BCUT2D eigenvalue weighted by Crippen LogP contribution is 2.40. The van der Waals surface area contributed by atoms with Crippen LogP contribution in [0.5, 0.6) is 0 Å². The molecule has 0 spiro atoms. The number of hydrogen-bond donors (Lipinski definition) is 0. The summed E-state index contributed by atoms with van der Waals surface area (Å²) in [5, 5.41) is 4.59. The molecule has 0 unspecified atom stereocenters. The molecule has 1 aliphatic carbocycles. The number of likely N-dealkylation sites (N-methyl/N-ethyl adjacent to an activating group) is 1. The van der Waals surface area contributed by atoms with Crippen molar-refractivity contribution in [2.24, 2.45) is 0 Å². The highest BCUT2D eigenvalue weighted by atomic mass is 16.2. The van der Waals surface area contributed by atoms with Gasteiger partial charge in [0.1, 0.15) is 12.4 Å². The number of fused-ring (bicyclic) bond motifs is 1. The smallest absolute Gasteiger partial charge is 0.272 e. The third-order valence-corrected chi connectivity index (χ3v) is 4.50. The molecule has 0 atom stereocenters. The number of amides is 3. The van der Waals surface area contributed by atoms with Crippen LogP contribution in [0.4, 0.5) is 10.6 Å². The Labute approximate surface area is 133 Å². The Balaban J connectivity index is 1.89. The van der Waals surface area contributed by atoms with Crippen molar-refractivity contribution in [2.75, 3.05) is 18.5 Å². The van der Waals surface area contributed by atoms with Gasteiger partial charge in [0.15, 0.2) is 5.65 Å².